The molecule has 0 heterocycles. The molecule has 0 rings (SSSR count). The van der Waals surface area contributed by atoms with Gasteiger partial charge in [-0.05, 0) is 16.9 Å². The summed E-state index contributed by atoms with van der Waals surface area (Å²) in [6.45, 7) is 2.00. The summed E-state index contributed by atoms with van der Waals surface area (Å²) in [5, 5.41) is 1.38. The first-order valence-corrected chi connectivity index (χ1v) is 6.87. The Morgan fingerprint density at radius 1 is 0.947 bits per heavy atom. The number of amides is 3. The Morgan fingerprint density at radius 3 is 1.79 bits per heavy atom. The highest BCUT2D eigenvalue weighted by Crippen LogP contribution is 2.05. The van der Waals surface area contributed by atoms with E-state index in [1.165, 1.54) is 16.9 Å². The molecule has 8 heteroatoms. The summed E-state index contributed by atoms with van der Waals surface area (Å²) >= 11 is 5.82. The molecule has 0 aromatic carbocycles. The van der Waals surface area contributed by atoms with Crippen LogP contribution in [0.4, 0.5) is 0 Å². The topological polar surface area (TPSA) is 74.8 Å². The van der Waals surface area contributed by atoms with E-state index in [0.29, 0.717) is 5.01 Å². The van der Waals surface area contributed by atoms with Crippen LogP contribution in [-0.2, 0) is 19.2 Å². The molecule has 0 aromatic rings. The van der Waals surface area contributed by atoms with Crippen LogP contribution in [-0.4, -0.2) is 40.1 Å². The average Bonchev–Trinajstić information content (AvgIpc) is 2.27. The number of ketones is 1. The van der Waals surface area contributed by atoms with Gasteiger partial charge in [0, 0.05) is 19.1 Å². The fourth-order valence-electron chi connectivity index (χ4n) is 1.17. The van der Waals surface area contributed by atoms with Gasteiger partial charge in [0.15, 0.2) is 5.78 Å². The largest absolute Gasteiger partial charge is 0.298 e. The molecule has 6 nitrogen and oxygen atoms in total. The van der Waals surface area contributed by atoms with Crippen molar-refractivity contribution in [3.8, 4) is 0 Å². The number of halogens is 2. The molecule has 104 valence electrons. The molecule has 0 saturated heterocycles. The normalized spacial score (nSPS) is 10.7. The Balaban J connectivity index is 5.48. The predicted molar refractivity (Wildman–Crippen MR) is 76.1 cm³/mol. The van der Waals surface area contributed by atoms with E-state index in [1.54, 1.807) is 0 Å². The number of Topliss-reactive ketones (excluding diaryl/α,β-unsaturated/α-hetero) is 1. The first kappa shape index (κ1) is 17.7. The van der Waals surface area contributed by atoms with Gasteiger partial charge < -0.3 is 0 Å². The predicted octanol–water partition coefficient (Wildman–Crippen LogP) is 1.51. The molecule has 0 N–H and O–H groups in total. The summed E-state index contributed by atoms with van der Waals surface area (Å²) in [6.07, 6.45) is 2.14. The minimum Gasteiger partial charge on any atom is -0.298 e. The molecule has 0 aliphatic carbocycles. The fourth-order valence-corrected chi connectivity index (χ4v) is 1.62. The van der Waals surface area contributed by atoms with Crippen molar-refractivity contribution in [2.75, 3.05) is 6.54 Å². The van der Waals surface area contributed by atoms with Gasteiger partial charge in [0.25, 0.3) is 11.8 Å². The third-order valence-corrected chi connectivity index (χ3v) is 2.32. The Labute approximate surface area is 127 Å². The zero-order valence-corrected chi connectivity index (χ0v) is 13.5. The zero-order chi connectivity index (χ0) is 15.0. The van der Waals surface area contributed by atoms with E-state index in [0.717, 1.165) is 24.1 Å². The molecule has 0 fully saturated rings. The van der Waals surface area contributed by atoms with E-state index >= 15 is 0 Å². The highest BCUT2D eigenvalue weighted by Gasteiger charge is 2.27. The quantitative estimate of drug-likeness (QED) is 0.534. The van der Waals surface area contributed by atoms with Crippen LogP contribution in [0.15, 0.2) is 22.1 Å². The van der Waals surface area contributed by atoms with Gasteiger partial charge in [-0.3, -0.25) is 19.2 Å². The van der Waals surface area contributed by atoms with Crippen molar-refractivity contribution in [2.45, 2.75) is 13.8 Å². The number of hydrazine groups is 1. The molecule has 0 aliphatic rings. The van der Waals surface area contributed by atoms with Gasteiger partial charge in [-0.25, -0.2) is 5.01 Å². The van der Waals surface area contributed by atoms with Crippen LogP contribution in [0.2, 0.25) is 0 Å². The Bertz CT molecular complexity index is 446. The van der Waals surface area contributed by atoms with E-state index < -0.39 is 17.7 Å². The second-order valence-electron chi connectivity index (χ2n) is 3.35. The molecule has 0 atom stereocenters. The van der Waals surface area contributed by atoms with Crippen LogP contribution in [0.1, 0.15) is 13.8 Å². The molecular weight excluding hydrogens is 384 g/mol. The van der Waals surface area contributed by atoms with Gasteiger partial charge in [0.2, 0.25) is 5.91 Å². The third-order valence-electron chi connectivity index (χ3n) is 1.79. The van der Waals surface area contributed by atoms with Crippen molar-refractivity contribution in [1.29, 1.82) is 0 Å². The monoisotopic (exact) mass is 394 g/mol. The van der Waals surface area contributed by atoms with Crippen LogP contribution < -0.4 is 0 Å². The minimum absolute atomic E-state index is 0.363. The lowest BCUT2D eigenvalue weighted by molar-refractivity contribution is -0.168. The number of hydrogen-bond acceptors (Lipinski definition) is 4. The van der Waals surface area contributed by atoms with Gasteiger partial charge in [0.05, 0.1) is 0 Å². The maximum atomic E-state index is 11.8. The molecular formula is C11H12Br2N2O4. The number of hydrogen-bond donors (Lipinski definition) is 0. The average molecular weight is 396 g/mol. The Morgan fingerprint density at radius 2 is 1.42 bits per heavy atom. The smallest absolute Gasteiger partial charge is 0.272 e. The number of imide groups is 1. The minimum atomic E-state index is -0.734. The maximum Gasteiger partial charge on any atom is 0.272 e. The van der Waals surface area contributed by atoms with Gasteiger partial charge in [-0.2, -0.15) is 5.01 Å². The van der Waals surface area contributed by atoms with Crippen LogP contribution in [0.25, 0.3) is 0 Å². The molecule has 0 unspecified atom stereocenters. The van der Waals surface area contributed by atoms with Gasteiger partial charge in [0.1, 0.15) is 6.54 Å². The van der Waals surface area contributed by atoms with E-state index in [2.05, 4.69) is 31.9 Å². The van der Waals surface area contributed by atoms with Crippen LogP contribution in [0.3, 0.4) is 0 Å². The number of carbonyl (C=O) groups is 4. The summed E-state index contributed by atoms with van der Waals surface area (Å²) in [5.74, 6) is -2.44. The Hall–Kier alpha value is -1.28. The summed E-state index contributed by atoms with van der Waals surface area (Å²) in [6, 6.07) is 0. The van der Waals surface area contributed by atoms with E-state index in [4.69, 9.17) is 0 Å². The lowest BCUT2D eigenvalue weighted by atomic mass is 10.4. The molecule has 3 amide bonds. The van der Waals surface area contributed by atoms with Crippen LogP contribution in [0, 0.1) is 0 Å². The lowest BCUT2D eigenvalue weighted by Gasteiger charge is -2.29. The van der Waals surface area contributed by atoms with Gasteiger partial charge >= 0.3 is 0 Å². The van der Waals surface area contributed by atoms with Crippen molar-refractivity contribution in [3.05, 3.63) is 22.1 Å². The second-order valence-corrected chi connectivity index (χ2v) is 4.41. The molecule has 0 spiro atoms. The standard InChI is InChI=1S/C11H12Br2N2O4/c1-8(16)7-14(10(18)3-5-12)15(9(2)17)11(19)4-6-13/h3-6H,7H2,1-2H3/b5-3+,6-4+. The molecule has 19 heavy (non-hydrogen) atoms. The van der Waals surface area contributed by atoms with Gasteiger partial charge in [-0.15, -0.1) is 0 Å². The highest BCUT2D eigenvalue weighted by atomic mass is 79.9. The maximum absolute atomic E-state index is 11.8. The molecule has 0 saturated carbocycles. The van der Waals surface area contributed by atoms with Gasteiger partial charge in [-0.1, -0.05) is 31.9 Å². The van der Waals surface area contributed by atoms with Crippen molar-refractivity contribution < 1.29 is 19.2 Å². The summed E-state index contributed by atoms with van der Waals surface area (Å²) in [7, 11) is 0. The SMILES string of the molecule is CC(=O)CN(C(=O)/C=C/Br)N(C(C)=O)C(=O)/C=C/Br. The molecule has 0 bridgehead atoms. The zero-order valence-electron chi connectivity index (χ0n) is 10.3. The first-order valence-electron chi connectivity index (χ1n) is 5.04. The third kappa shape index (κ3) is 5.93. The lowest BCUT2D eigenvalue weighted by Crippen LogP contribution is -2.52. The van der Waals surface area contributed by atoms with Crippen LogP contribution in [0.5, 0.6) is 0 Å². The second kappa shape index (κ2) is 8.76. The summed E-state index contributed by atoms with van der Waals surface area (Å²) in [4.78, 5) is 48.8. The van der Waals surface area contributed by atoms with Crippen molar-refractivity contribution in [3.63, 3.8) is 0 Å². The van der Waals surface area contributed by atoms with E-state index in [-0.39, 0.29) is 12.3 Å². The fraction of sp³-hybridized carbons (Fsp3) is 0.273. The van der Waals surface area contributed by atoms with Crippen molar-refractivity contribution >= 4 is 55.4 Å². The highest BCUT2D eigenvalue weighted by molar-refractivity contribution is 9.11. The summed E-state index contributed by atoms with van der Waals surface area (Å²) in [5.41, 5.74) is 0. The first-order chi connectivity index (χ1) is 8.84. The van der Waals surface area contributed by atoms with Crippen molar-refractivity contribution in [1.82, 2.24) is 10.0 Å². The Kier molecular flexibility index (Phi) is 8.17. The van der Waals surface area contributed by atoms with Crippen LogP contribution >= 0.6 is 31.9 Å². The number of nitrogens with zero attached hydrogens (tertiary/aromatic N) is 2. The van der Waals surface area contributed by atoms with E-state index in [1.807, 2.05) is 0 Å². The molecule has 0 radical (unpaired) electrons. The number of carbonyl (C=O) groups excluding carboxylic acids is 4. The molecule has 0 aliphatic heterocycles. The van der Waals surface area contributed by atoms with E-state index in [9.17, 15) is 19.2 Å². The number of rotatable bonds is 4. The molecule has 0 aromatic heterocycles. The van der Waals surface area contributed by atoms with Crippen molar-refractivity contribution in [2.24, 2.45) is 0 Å². The summed E-state index contributed by atoms with van der Waals surface area (Å²) < 4.78 is 0.